The molecule has 1 aromatic carbocycles. The molecular weight excluding hydrogens is 452 g/mol. The summed E-state index contributed by atoms with van der Waals surface area (Å²) in [5, 5.41) is 6.34. The number of alkyl halides is 6. The van der Waals surface area contributed by atoms with Crippen molar-refractivity contribution in [2.45, 2.75) is 17.2 Å². The maximum atomic E-state index is 12.8. The fraction of sp³-hybridized carbons (Fsp3) is 0.286. The Balaban J connectivity index is 2.15. The second kappa shape index (κ2) is 7.51. The Morgan fingerprint density at radius 3 is 2.12 bits per heavy atom. The lowest BCUT2D eigenvalue weighted by atomic mass is 10.1. The van der Waals surface area contributed by atoms with E-state index in [0.717, 1.165) is 0 Å². The molecule has 0 saturated carbocycles. The molecule has 26 heavy (non-hydrogen) atoms. The zero-order valence-corrected chi connectivity index (χ0v) is 15.3. The number of thioether (sulfide) groups is 1. The van der Waals surface area contributed by atoms with Gasteiger partial charge in [-0.25, -0.2) is 0 Å². The first kappa shape index (κ1) is 20.6. The first-order valence-corrected chi connectivity index (χ1v) is 8.55. The summed E-state index contributed by atoms with van der Waals surface area (Å²) in [6.45, 7) is 0. The minimum atomic E-state index is -4.93. The van der Waals surface area contributed by atoms with Crippen molar-refractivity contribution in [2.75, 3.05) is 11.1 Å². The molecule has 0 spiro atoms. The lowest BCUT2D eigenvalue weighted by molar-refractivity contribution is -0.143. The van der Waals surface area contributed by atoms with Crippen LogP contribution in [0.5, 0.6) is 0 Å². The summed E-state index contributed by atoms with van der Waals surface area (Å²) in [4.78, 5) is 11.5. The zero-order chi connectivity index (χ0) is 19.7. The summed E-state index contributed by atoms with van der Waals surface area (Å²) in [5.41, 5.74) is -2.86. The first-order valence-electron chi connectivity index (χ1n) is 6.77. The SMILES string of the molecule is Cn1cc(Br)c(NC(=O)CSc2cc(C(F)(F)F)cc(C(F)(F)F)c2)n1. The smallest absolute Gasteiger partial charge is 0.308 e. The summed E-state index contributed by atoms with van der Waals surface area (Å²) in [5.74, 6) is -0.819. The van der Waals surface area contributed by atoms with Gasteiger partial charge in [-0.1, -0.05) is 0 Å². The van der Waals surface area contributed by atoms with E-state index < -0.39 is 29.4 Å². The van der Waals surface area contributed by atoms with Crippen molar-refractivity contribution >= 4 is 39.4 Å². The van der Waals surface area contributed by atoms with Gasteiger partial charge < -0.3 is 5.32 Å². The van der Waals surface area contributed by atoms with Gasteiger partial charge >= 0.3 is 12.4 Å². The fourth-order valence-corrected chi connectivity index (χ4v) is 3.14. The van der Waals surface area contributed by atoms with Gasteiger partial charge in [-0.2, -0.15) is 31.4 Å². The number of benzene rings is 1. The molecule has 1 N–H and O–H groups in total. The molecule has 142 valence electrons. The minimum absolute atomic E-state index is 0.0368. The molecule has 0 saturated heterocycles. The van der Waals surface area contributed by atoms with Gasteiger partial charge in [0.15, 0.2) is 5.82 Å². The van der Waals surface area contributed by atoms with Crippen molar-refractivity contribution in [1.29, 1.82) is 0 Å². The van der Waals surface area contributed by atoms with Crippen LogP contribution < -0.4 is 5.32 Å². The van der Waals surface area contributed by atoms with Crippen LogP contribution in [0, 0.1) is 0 Å². The van der Waals surface area contributed by atoms with Gasteiger partial charge in [-0.15, -0.1) is 11.8 Å². The van der Waals surface area contributed by atoms with Crippen LogP contribution in [0.15, 0.2) is 33.8 Å². The molecule has 2 aromatic rings. The molecule has 2 rings (SSSR count). The van der Waals surface area contributed by atoms with Crippen LogP contribution in [0.2, 0.25) is 0 Å². The van der Waals surface area contributed by atoms with Gasteiger partial charge in [0.05, 0.1) is 21.4 Å². The average Bonchev–Trinajstić information content (AvgIpc) is 2.81. The fourth-order valence-electron chi connectivity index (χ4n) is 1.87. The lowest BCUT2D eigenvalue weighted by Crippen LogP contribution is -2.15. The van der Waals surface area contributed by atoms with Crippen LogP contribution in [-0.4, -0.2) is 21.4 Å². The molecule has 0 aliphatic carbocycles. The van der Waals surface area contributed by atoms with Gasteiger partial charge in [0.1, 0.15) is 0 Å². The first-order chi connectivity index (χ1) is 11.9. The van der Waals surface area contributed by atoms with Crippen LogP contribution in [0.4, 0.5) is 32.2 Å². The quantitative estimate of drug-likeness (QED) is 0.517. The third-order valence-corrected chi connectivity index (χ3v) is 4.53. The van der Waals surface area contributed by atoms with Crippen molar-refractivity contribution < 1.29 is 31.1 Å². The highest BCUT2D eigenvalue weighted by molar-refractivity contribution is 9.10. The van der Waals surface area contributed by atoms with E-state index in [1.807, 2.05) is 0 Å². The summed E-state index contributed by atoms with van der Waals surface area (Å²) in [6, 6.07) is 1.18. The number of rotatable bonds is 4. The maximum absolute atomic E-state index is 12.8. The highest BCUT2D eigenvalue weighted by Gasteiger charge is 2.37. The van der Waals surface area contributed by atoms with Gasteiger partial charge in [0.25, 0.3) is 0 Å². The van der Waals surface area contributed by atoms with Crippen LogP contribution in [0.1, 0.15) is 11.1 Å². The molecule has 1 aromatic heterocycles. The summed E-state index contributed by atoms with van der Waals surface area (Å²) < 4.78 is 78.7. The van der Waals surface area contributed by atoms with E-state index in [2.05, 4.69) is 26.3 Å². The number of aromatic nitrogens is 2. The highest BCUT2D eigenvalue weighted by Crippen LogP contribution is 2.38. The number of carbonyl (C=O) groups excluding carboxylic acids is 1. The third-order valence-electron chi connectivity index (χ3n) is 2.97. The normalized spacial score (nSPS) is 12.3. The van der Waals surface area contributed by atoms with E-state index in [1.165, 1.54) is 4.68 Å². The molecule has 12 heteroatoms. The van der Waals surface area contributed by atoms with Crippen molar-refractivity contribution in [2.24, 2.45) is 7.05 Å². The Morgan fingerprint density at radius 2 is 1.69 bits per heavy atom. The van der Waals surface area contributed by atoms with Crippen molar-refractivity contribution in [3.8, 4) is 0 Å². The van der Waals surface area contributed by atoms with Crippen molar-refractivity contribution in [1.82, 2.24) is 9.78 Å². The van der Waals surface area contributed by atoms with Gasteiger partial charge in [0, 0.05) is 18.1 Å². The molecule has 0 aliphatic rings. The number of hydrogen-bond acceptors (Lipinski definition) is 3. The average molecular weight is 462 g/mol. The lowest BCUT2D eigenvalue weighted by Gasteiger charge is -2.13. The Hall–Kier alpha value is -1.69. The molecule has 0 unspecified atom stereocenters. The maximum Gasteiger partial charge on any atom is 0.416 e. The standard InChI is InChI=1S/C14H10BrF6N3OS/c1-24-5-10(15)12(23-24)22-11(25)6-26-9-3-7(13(16,17)18)2-8(4-9)14(19,20)21/h2-5H,6H2,1H3,(H,22,23,25). The molecular formula is C14H10BrF6N3OS. The Kier molecular flexibility index (Phi) is 5.95. The van der Waals surface area contributed by atoms with E-state index >= 15 is 0 Å². The zero-order valence-electron chi connectivity index (χ0n) is 12.9. The predicted molar refractivity (Wildman–Crippen MR) is 86.7 cm³/mol. The summed E-state index contributed by atoms with van der Waals surface area (Å²) in [7, 11) is 1.61. The highest BCUT2D eigenvalue weighted by atomic mass is 79.9. The van der Waals surface area contributed by atoms with Gasteiger partial charge in [-0.3, -0.25) is 9.48 Å². The number of nitrogens with zero attached hydrogens (tertiary/aromatic N) is 2. The second-order valence-electron chi connectivity index (χ2n) is 5.08. The van der Waals surface area contributed by atoms with Gasteiger partial charge in [-0.05, 0) is 34.1 Å². The Labute approximate surface area is 156 Å². The number of anilines is 1. The predicted octanol–water partition coefficient (Wildman–Crippen LogP) is 4.95. The Morgan fingerprint density at radius 1 is 1.15 bits per heavy atom. The van der Waals surface area contributed by atoms with E-state index in [-0.39, 0.29) is 22.5 Å². The number of hydrogen-bond donors (Lipinski definition) is 1. The van der Waals surface area contributed by atoms with E-state index in [1.54, 1.807) is 13.2 Å². The van der Waals surface area contributed by atoms with Gasteiger partial charge in [0.2, 0.25) is 5.91 Å². The molecule has 0 aliphatic heterocycles. The second-order valence-corrected chi connectivity index (χ2v) is 6.98. The van der Waals surface area contributed by atoms with E-state index in [4.69, 9.17) is 0 Å². The molecule has 1 heterocycles. The number of aryl methyl sites for hydroxylation is 1. The van der Waals surface area contributed by atoms with Crippen LogP contribution >= 0.6 is 27.7 Å². The molecule has 0 fully saturated rings. The third kappa shape index (κ3) is 5.40. The van der Waals surface area contributed by atoms with Crippen LogP contribution in [0.3, 0.4) is 0 Å². The molecule has 4 nitrogen and oxygen atoms in total. The molecule has 1 amide bonds. The van der Waals surface area contributed by atoms with E-state index in [9.17, 15) is 31.1 Å². The van der Waals surface area contributed by atoms with Crippen LogP contribution in [0.25, 0.3) is 0 Å². The summed E-state index contributed by atoms with van der Waals surface area (Å²) in [6.07, 6.45) is -8.31. The van der Waals surface area contributed by atoms with Crippen molar-refractivity contribution in [3.63, 3.8) is 0 Å². The number of amides is 1. The number of carbonyl (C=O) groups is 1. The monoisotopic (exact) mass is 461 g/mol. The van der Waals surface area contributed by atoms with Crippen LogP contribution in [-0.2, 0) is 24.2 Å². The number of nitrogens with one attached hydrogen (secondary N) is 1. The largest absolute Gasteiger partial charge is 0.416 e. The minimum Gasteiger partial charge on any atom is -0.308 e. The topological polar surface area (TPSA) is 46.9 Å². The van der Waals surface area contributed by atoms with E-state index in [0.29, 0.717) is 28.4 Å². The Bertz CT molecular complexity index is 786. The molecule has 0 atom stereocenters. The number of halogens is 7. The molecule has 0 radical (unpaired) electrons. The van der Waals surface area contributed by atoms with Crippen molar-refractivity contribution in [3.05, 3.63) is 40.0 Å². The molecule has 0 bridgehead atoms. The summed E-state index contributed by atoms with van der Waals surface area (Å²) >= 11 is 3.71.